The van der Waals surface area contributed by atoms with Gasteiger partial charge in [-0.1, -0.05) is 38.8 Å². The number of rotatable bonds is 14. The largest absolute Gasteiger partial charge is 0.492 e. The predicted octanol–water partition coefficient (Wildman–Crippen LogP) is 3.57. The second-order valence-corrected chi connectivity index (χ2v) is 6.94. The fourth-order valence-corrected chi connectivity index (χ4v) is 3.03. The lowest BCUT2D eigenvalue weighted by Crippen LogP contribution is -2.44. The average Bonchev–Trinajstić information content (AvgIpc) is 2.71. The van der Waals surface area contributed by atoms with Crippen molar-refractivity contribution in [1.82, 2.24) is 10.2 Å². The van der Waals surface area contributed by atoms with Crippen LogP contribution in [0.5, 0.6) is 5.75 Å². The monoisotopic (exact) mass is 408 g/mol. The van der Waals surface area contributed by atoms with Gasteiger partial charge in [-0.05, 0) is 37.5 Å². The number of urea groups is 1. The van der Waals surface area contributed by atoms with Crippen molar-refractivity contribution in [3.05, 3.63) is 29.8 Å². The maximum absolute atomic E-state index is 12.3. The Bertz CT molecular complexity index is 602. The van der Waals surface area contributed by atoms with Crippen LogP contribution in [0.1, 0.15) is 46.1 Å². The molecule has 0 aliphatic carbocycles. The fourth-order valence-electron chi connectivity index (χ4n) is 3.03. The van der Waals surface area contributed by atoms with Gasteiger partial charge in [0.2, 0.25) is 0 Å². The Morgan fingerprint density at radius 2 is 1.76 bits per heavy atom. The lowest BCUT2D eigenvalue weighted by molar-refractivity contribution is -0.149. The molecule has 164 valence electrons. The molecular formula is C22H36N2O5. The molecule has 0 saturated heterocycles. The zero-order chi connectivity index (χ0) is 21.6. The zero-order valence-corrected chi connectivity index (χ0v) is 18.1. The van der Waals surface area contributed by atoms with E-state index in [2.05, 4.69) is 19.2 Å². The molecule has 1 rings (SSSR count). The zero-order valence-electron chi connectivity index (χ0n) is 18.1. The van der Waals surface area contributed by atoms with Crippen LogP contribution in [0.3, 0.4) is 0 Å². The molecule has 0 heterocycles. The number of hydrogen-bond acceptors (Lipinski definition) is 4. The summed E-state index contributed by atoms with van der Waals surface area (Å²) < 4.78 is 11.0. The molecule has 0 radical (unpaired) electrons. The summed E-state index contributed by atoms with van der Waals surface area (Å²) in [6, 6.07) is 7.26. The van der Waals surface area contributed by atoms with Crippen LogP contribution in [0.25, 0.3) is 0 Å². The van der Waals surface area contributed by atoms with E-state index in [-0.39, 0.29) is 6.03 Å². The minimum atomic E-state index is -0.963. The van der Waals surface area contributed by atoms with Gasteiger partial charge in [0.25, 0.3) is 0 Å². The fraction of sp³-hybridized carbons (Fsp3) is 0.636. The van der Waals surface area contributed by atoms with Crippen LogP contribution in [-0.2, 0) is 16.0 Å². The smallest absolute Gasteiger partial charge is 0.333 e. The number of carbonyl (C=O) groups excluding carboxylic acids is 1. The molecule has 29 heavy (non-hydrogen) atoms. The summed E-state index contributed by atoms with van der Waals surface area (Å²) in [5, 5.41) is 12.0. The van der Waals surface area contributed by atoms with E-state index < -0.39 is 12.1 Å². The molecule has 1 unspecified atom stereocenters. The van der Waals surface area contributed by atoms with Crippen LogP contribution in [-0.4, -0.2) is 61.0 Å². The van der Waals surface area contributed by atoms with Crippen molar-refractivity contribution in [2.75, 3.05) is 32.8 Å². The van der Waals surface area contributed by atoms with E-state index in [0.29, 0.717) is 44.4 Å². The van der Waals surface area contributed by atoms with E-state index in [9.17, 15) is 14.7 Å². The molecule has 1 aromatic carbocycles. The van der Waals surface area contributed by atoms with Crippen LogP contribution in [0.2, 0.25) is 0 Å². The quantitative estimate of drug-likeness (QED) is 0.491. The number of ether oxygens (including phenoxy) is 2. The van der Waals surface area contributed by atoms with Crippen molar-refractivity contribution < 1.29 is 24.2 Å². The van der Waals surface area contributed by atoms with Crippen LogP contribution in [0.4, 0.5) is 4.79 Å². The van der Waals surface area contributed by atoms with E-state index in [1.165, 1.54) is 0 Å². The molecule has 0 fully saturated rings. The molecule has 7 heteroatoms. The number of nitrogens with one attached hydrogen (secondary N) is 1. The number of nitrogens with zero attached hydrogens (tertiary/aromatic N) is 1. The summed E-state index contributed by atoms with van der Waals surface area (Å²) in [7, 11) is 0. The Hall–Kier alpha value is -2.28. The van der Waals surface area contributed by atoms with E-state index in [0.717, 1.165) is 24.9 Å². The minimum Gasteiger partial charge on any atom is -0.492 e. The molecule has 0 aliphatic heterocycles. The first-order valence-corrected chi connectivity index (χ1v) is 10.5. The van der Waals surface area contributed by atoms with Crippen molar-refractivity contribution >= 4 is 12.0 Å². The number of aliphatic carboxylic acids is 1. The molecule has 0 saturated carbocycles. The first-order valence-electron chi connectivity index (χ1n) is 10.5. The van der Waals surface area contributed by atoms with Gasteiger partial charge in [-0.3, -0.25) is 0 Å². The number of carboxylic acid groups (broad SMARTS) is 1. The van der Waals surface area contributed by atoms with Gasteiger partial charge in [0.1, 0.15) is 12.4 Å². The second-order valence-electron chi connectivity index (χ2n) is 6.94. The summed E-state index contributed by atoms with van der Waals surface area (Å²) in [4.78, 5) is 25.3. The van der Waals surface area contributed by atoms with Gasteiger partial charge in [-0.15, -0.1) is 0 Å². The minimum absolute atomic E-state index is 0.0611. The maximum Gasteiger partial charge on any atom is 0.333 e. The van der Waals surface area contributed by atoms with Gasteiger partial charge in [0.05, 0.1) is 6.54 Å². The van der Waals surface area contributed by atoms with Gasteiger partial charge in [0, 0.05) is 26.1 Å². The Morgan fingerprint density at radius 3 is 2.28 bits per heavy atom. The van der Waals surface area contributed by atoms with Gasteiger partial charge in [-0.25, -0.2) is 9.59 Å². The molecule has 0 spiro atoms. The number of carbonyl (C=O) groups is 2. The van der Waals surface area contributed by atoms with E-state index in [1.807, 2.05) is 36.1 Å². The predicted molar refractivity (Wildman–Crippen MR) is 113 cm³/mol. The van der Waals surface area contributed by atoms with Crippen molar-refractivity contribution in [2.24, 2.45) is 5.92 Å². The van der Waals surface area contributed by atoms with Crippen LogP contribution in [0, 0.1) is 5.92 Å². The van der Waals surface area contributed by atoms with Crippen molar-refractivity contribution in [3.8, 4) is 5.75 Å². The SMILES string of the molecule is CCNC(=O)N(CCOc1ccc(CC(OCC)C(=O)O)cc1)CC(CC)CC. The highest BCUT2D eigenvalue weighted by molar-refractivity contribution is 5.74. The third-order valence-electron chi connectivity index (χ3n) is 4.87. The van der Waals surface area contributed by atoms with Gasteiger partial charge in [0.15, 0.2) is 6.10 Å². The average molecular weight is 409 g/mol. The normalized spacial score (nSPS) is 11.9. The highest BCUT2D eigenvalue weighted by Crippen LogP contribution is 2.15. The molecule has 0 aliphatic rings. The number of amides is 2. The topological polar surface area (TPSA) is 88.1 Å². The molecular weight excluding hydrogens is 372 g/mol. The summed E-state index contributed by atoms with van der Waals surface area (Å²) in [5.41, 5.74) is 0.871. The lowest BCUT2D eigenvalue weighted by Gasteiger charge is -2.26. The van der Waals surface area contributed by atoms with Crippen LogP contribution >= 0.6 is 0 Å². The maximum atomic E-state index is 12.3. The summed E-state index contributed by atoms with van der Waals surface area (Å²) >= 11 is 0. The third-order valence-corrected chi connectivity index (χ3v) is 4.87. The first-order chi connectivity index (χ1) is 13.9. The molecule has 0 bridgehead atoms. The van der Waals surface area contributed by atoms with Gasteiger partial charge >= 0.3 is 12.0 Å². The second kappa shape index (κ2) is 13.8. The van der Waals surface area contributed by atoms with Crippen molar-refractivity contribution in [2.45, 2.75) is 53.1 Å². The molecule has 1 aromatic rings. The Labute approximate surface area is 174 Å². The first kappa shape index (κ1) is 24.8. The lowest BCUT2D eigenvalue weighted by atomic mass is 10.0. The number of carboxylic acids is 1. The molecule has 0 aromatic heterocycles. The third kappa shape index (κ3) is 9.17. The number of hydrogen-bond donors (Lipinski definition) is 2. The molecule has 7 nitrogen and oxygen atoms in total. The van der Waals surface area contributed by atoms with Gasteiger partial charge < -0.3 is 24.8 Å². The van der Waals surface area contributed by atoms with Crippen molar-refractivity contribution in [3.63, 3.8) is 0 Å². The van der Waals surface area contributed by atoms with Crippen molar-refractivity contribution in [1.29, 1.82) is 0 Å². The van der Waals surface area contributed by atoms with Crippen LogP contribution < -0.4 is 10.1 Å². The Morgan fingerprint density at radius 1 is 1.10 bits per heavy atom. The highest BCUT2D eigenvalue weighted by atomic mass is 16.5. The van der Waals surface area contributed by atoms with E-state index in [1.54, 1.807) is 6.92 Å². The Balaban J connectivity index is 2.59. The van der Waals surface area contributed by atoms with E-state index >= 15 is 0 Å². The number of benzene rings is 1. The summed E-state index contributed by atoms with van der Waals surface area (Å²) in [6.45, 7) is 10.5. The summed E-state index contributed by atoms with van der Waals surface area (Å²) in [6.07, 6.45) is 1.54. The van der Waals surface area contributed by atoms with E-state index in [4.69, 9.17) is 9.47 Å². The molecule has 1 atom stereocenters. The standard InChI is InChI=1S/C22H36N2O5/c1-5-17(6-2)16-24(22(27)23-7-3)13-14-29-19-11-9-18(10-12-19)15-20(21(25)26)28-8-4/h9-12,17,20H,5-8,13-16H2,1-4H3,(H,23,27)(H,25,26). The highest BCUT2D eigenvalue weighted by Gasteiger charge is 2.18. The summed E-state index contributed by atoms with van der Waals surface area (Å²) in [5.74, 6) is 0.204. The Kier molecular flexibility index (Phi) is 11.8. The van der Waals surface area contributed by atoms with Crippen LogP contribution in [0.15, 0.2) is 24.3 Å². The molecule has 2 amide bonds. The van der Waals surface area contributed by atoms with Gasteiger partial charge in [-0.2, -0.15) is 0 Å². The molecule has 2 N–H and O–H groups in total.